The van der Waals surface area contributed by atoms with Crippen molar-refractivity contribution in [2.45, 2.75) is 20.4 Å². The standard InChI is InChI=1S/C16H17N3O2S/c1-11-3-4-14(7-12(11)2)21-10-15(20)17-8-13-9-19-5-6-22-16(19)18-13/h3-7,9H,8,10H2,1-2H3,(H,17,20). The van der Waals surface area contributed by atoms with Gasteiger partial charge >= 0.3 is 0 Å². The zero-order chi connectivity index (χ0) is 15.5. The van der Waals surface area contributed by atoms with Gasteiger partial charge in [-0.05, 0) is 37.1 Å². The van der Waals surface area contributed by atoms with Crippen molar-refractivity contribution in [3.8, 4) is 5.75 Å². The number of benzene rings is 1. The number of rotatable bonds is 5. The van der Waals surface area contributed by atoms with Gasteiger partial charge in [-0.2, -0.15) is 0 Å². The van der Waals surface area contributed by atoms with Gasteiger partial charge in [0.1, 0.15) is 5.75 Å². The van der Waals surface area contributed by atoms with Crippen molar-refractivity contribution in [3.63, 3.8) is 0 Å². The van der Waals surface area contributed by atoms with E-state index in [-0.39, 0.29) is 12.5 Å². The molecule has 1 aromatic carbocycles. The number of nitrogens with one attached hydrogen (secondary N) is 1. The zero-order valence-electron chi connectivity index (χ0n) is 12.5. The van der Waals surface area contributed by atoms with Crippen molar-refractivity contribution in [1.29, 1.82) is 0 Å². The van der Waals surface area contributed by atoms with Crippen LogP contribution in [0, 0.1) is 13.8 Å². The molecule has 0 spiro atoms. The number of aryl methyl sites for hydroxylation is 2. The van der Waals surface area contributed by atoms with Gasteiger partial charge in [-0.15, -0.1) is 11.3 Å². The minimum Gasteiger partial charge on any atom is -0.484 e. The number of ether oxygens (including phenoxy) is 1. The van der Waals surface area contributed by atoms with Gasteiger partial charge in [-0.1, -0.05) is 6.07 Å². The van der Waals surface area contributed by atoms with E-state index in [0.29, 0.717) is 12.3 Å². The summed E-state index contributed by atoms with van der Waals surface area (Å²) in [6, 6.07) is 5.80. The molecule has 3 rings (SSSR count). The van der Waals surface area contributed by atoms with Crippen LogP contribution in [0.1, 0.15) is 16.8 Å². The van der Waals surface area contributed by atoms with Crippen LogP contribution in [-0.4, -0.2) is 21.9 Å². The fraction of sp³-hybridized carbons (Fsp3) is 0.250. The lowest BCUT2D eigenvalue weighted by Gasteiger charge is -2.08. The normalized spacial score (nSPS) is 10.8. The molecular formula is C16H17N3O2S. The molecule has 3 aromatic rings. The third-order valence-electron chi connectivity index (χ3n) is 3.46. The third-order valence-corrected chi connectivity index (χ3v) is 4.23. The summed E-state index contributed by atoms with van der Waals surface area (Å²) < 4.78 is 7.44. The lowest BCUT2D eigenvalue weighted by Crippen LogP contribution is -2.28. The molecule has 0 atom stereocenters. The Bertz CT molecular complexity index is 778. The molecule has 0 saturated carbocycles. The van der Waals surface area contributed by atoms with Crippen LogP contribution < -0.4 is 10.1 Å². The molecule has 0 aliphatic rings. The second-order valence-electron chi connectivity index (χ2n) is 5.14. The molecule has 5 nitrogen and oxygen atoms in total. The number of carbonyl (C=O) groups is 1. The minimum absolute atomic E-state index is 0.00468. The highest BCUT2D eigenvalue weighted by molar-refractivity contribution is 7.15. The van der Waals surface area contributed by atoms with Crippen molar-refractivity contribution < 1.29 is 9.53 Å². The quantitative estimate of drug-likeness (QED) is 0.787. The number of hydrogen-bond acceptors (Lipinski definition) is 4. The van der Waals surface area contributed by atoms with Crippen molar-refractivity contribution in [2.75, 3.05) is 6.61 Å². The maximum Gasteiger partial charge on any atom is 0.258 e. The summed E-state index contributed by atoms with van der Waals surface area (Å²) in [5.74, 6) is 0.551. The van der Waals surface area contributed by atoms with Crippen LogP contribution in [0.15, 0.2) is 36.0 Å². The van der Waals surface area contributed by atoms with Crippen LogP contribution in [-0.2, 0) is 11.3 Å². The smallest absolute Gasteiger partial charge is 0.258 e. The summed E-state index contributed by atoms with van der Waals surface area (Å²) in [5.41, 5.74) is 3.19. The molecule has 2 aromatic heterocycles. The Balaban J connectivity index is 1.49. The molecule has 0 fully saturated rings. The van der Waals surface area contributed by atoms with E-state index in [1.54, 1.807) is 11.3 Å². The number of aromatic nitrogens is 2. The Morgan fingerprint density at radius 1 is 1.36 bits per heavy atom. The van der Waals surface area contributed by atoms with Crippen LogP contribution >= 0.6 is 11.3 Å². The number of amides is 1. The molecule has 0 aliphatic carbocycles. The van der Waals surface area contributed by atoms with Gasteiger partial charge in [0.15, 0.2) is 11.6 Å². The molecule has 2 heterocycles. The van der Waals surface area contributed by atoms with Crippen molar-refractivity contribution in [2.24, 2.45) is 0 Å². The first-order chi connectivity index (χ1) is 10.6. The topological polar surface area (TPSA) is 55.6 Å². The first kappa shape index (κ1) is 14.6. The summed E-state index contributed by atoms with van der Waals surface area (Å²) in [5, 5.41) is 4.79. The third kappa shape index (κ3) is 3.28. The van der Waals surface area contributed by atoms with E-state index < -0.39 is 0 Å². The van der Waals surface area contributed by atoms with Gasteiger partial charge in [-0.3, -0.25) is 9.20 Å². The molecule has 1 amide bonds. The summed E-state index contributed by atoms with van der Waals surface area (Å²) in [6.45, 7) is 4.47. The molecule has 114 valence electrons. The van der Waals surface area contributed by atoms with E-state index in [2.05, 4.69) is 10.3 Å². The van der Waals surface area contributed by atoms with Crippen molar-refractivity contribution >= 4 is 22.2 Å². The Kier molecular flexibility index (Phi) is 4.11. The SMILES string of the molecule is Cc1ccc(OCC(=O)NCc2cn3ccsc3n2)cc1C. The summed E-state index contributed by atoms with van der Waals surface area (Å²) >= 11 is 1.57. The average Bonchev–Trinajstić information content (AvgIpc) is 3.07. The van der Waals surface area contributed by atoms with E-state index in [0.717, 1.165) is 16.2 Å². The molecule has 0 radical (unpaired) electrons. The lowest BCUT2D eigenvalue weighted by atomic mass is 10.1. The Hall–Kier alpha value is -2.34. The second-order valence-corrected chi connectivity index (χ2v) is 6.01. The van der Waals surface area contributed by atoms with Gasteiger partial charge in [0.25, 0.3) is 5.91 Å². The summed E-state index contributed by atoms with van der Waals surface area (Å²) in [4.78, 5) is 17.2. The first-order valence-corrected chi connectivity index (χ1v) is 7.87. The fourth-order valence-corrected chi connectivity index (χ4v) is 2.77. The van der Waals surface area contributed by atoms with Crippen molar-refractivity contribution in [1.82, 2.24) is 14.7 Å². The summed E-state index contributed by atoms with van der Waals surface area (Å²) in [7, 11) is 0. The molecule has 6 heteroatoms. The van der Waals surface area contributed by atoms with E-state index in [9.17, 15) is 4.79 Å². The molecular weight excluding hydrogens is 298 g/mol. The maximum atomic E-state index is 11.8. The van der Waals surface area contributed by atoms with Gasteiger partial charge in [-0.25, -0.2) is 4.98 Å². The van der Waals surface area contributed by atoms with E-state index >= 15 is 0 Å². The first-order valence-electron chi connectivity index (χ1n) is 6.99. The Labute approximate surface area is 132 Å². The highest BCUT2D eigenvalue weighted by Gasteiger charge is 2.06. The van der Waals surface area contributed by atoms with Crippen LogP contribution in [0.4, 0.5) is 0 Å². The van der Waals surface area contributed by atoms with Crippen LogP contribution in [0.25, 0.3) is 4.96 Å². The second kappa shape index (κ2) is 6.19. The predicted octanol–water partition coefficient (Wildman–Crippen LogP) is 2.71. The minimum atomic E-state index is -0.158. The van der Waals surface area contributed by atoms with E-state index in [1.165, 1.54) is 5.56 Å². The average molecular weight is 315 g/mol. The van der Waals surface area contributed by atoms with E-state index in [4.69, 9.17) is 4.74 Å². The number of thiazole rings is 1. The van der Waals surface area contributed by atoms with Crippen LogP contribution in [0.2, 0.25) is 0 Å². The number of carbonyl (C=O) groups excluding carboxylic acids is 1. The number of imidazole rings is 1. The number of hydrogen-bond donors (Lipinski definition) is 1. The number of fused-ring (bicyclic) bond motifs is 1. The van der Waals surface area contributed by atoms with Crippen LogP contribution in [0.3, 0.4) is 0 Å². The number of nitrogens with zero attached hydrogens (tertiary/aromatic N) is 2. The van der Waals surface area contributed by atoms with Gasteiger partial charge in [0.05, 0.1) is 12.2 Å². The molecule has 0 unspecified atom stereocenters. The molecule has 1 N–H and O–H groups in total. The van der Waals surface area contributed by atoms with Gasteiger partial charge < -0.3 is 10.1 Å². The lowest BCUT2D eigenvalue weighted by molar-refractivity contribution is -0.123. The fourth-order valence-electron chi connectivity index (χ4n) is 2.05. The highest BCUT2D eigenvalue weighted by atomic mass is 32.1. The van der Waals surface area contributed by atoms with Gasteiger partial charge in [0, 0.05) is 17.8 Å². The molecule has 22 heavy (non-hydrogen) atoms. The van der Waals surface area contributed by atoms with Crippen LogP contribution in [0.5, 0.6) is 5.75 Å². The highest BCUT2D eigenvalue weighted by Crippen LogP contribution is 2.16. The molecule has 0 saturated heterocycles. The van der Waals surface area contributed by atoms with E-state index in [1.807, 2.05) is 54.2 Å². The summed E-state index contributed by atoms with van der Waals surface area (Å²) in [6.07, 6.45) is 3.86. The van der Waals surface area contributed by atoms with Gasteiger partial charge in [0.2, 0.25) is 0 Å². The Morgan fingerprint density at radius 3 is 3.00 bits per heavy atom. The monoisotopic (exact) mass is 315 g/mol. The Morgan fingerprint density at radius 2 is 2.23 bits per heavy atom. The zero-order valence-corrected chi connectivity index (χ0v) is 13.3. The molecule has 0 bridgehead atoms. The van der Waals surface area contributed by atoms with Crippen molar-refractivity contribution in [3.05, 3.63) is 52.8 Å². The molecule has 0 aliphatic heterocycles. The predicted molar refractivity (Wildman–Crippen MR) is 86.3 cm³/mol. The maximum absolute atomic E-state index is 11.8. The largest absolute Gasteiger partial charge is 0.484 e.